The molecule has 14 heavy (non-hydrogen) atoms. The van der Waals surface area contributed by atoms with Crippen LogP contribution in [-0.2, 0) is 0 Å². The fraction of sp³-hybridized carbons (Fsp3) is 0.222. The molecule has 0 heterocycles. The van der Waals surface area contributed by atoms with Gasteiger partial charge in [-0.15, -0.1) is 0 Å². The number of benzene rings is 1. The van der Waals surface area contributed by atoms with Gasteiger partial charge in [0.15, 0.2) is 0 Å². The SMILES string of the molecule is CC(O)c1cc(F)c(C(=O)O)c(F)c1. The van der Waals surface area contributed by atoms with Gasteiger partial charge in [0.05, 0.1) is 6.10 Å². The van der Waals surface area contributed by atoms with Crippen LogP contribution in [0.3, 0.4) is 0 Å². The highest BCUT2D eigenvalue weighted by atomic mass is 19.1. The molecular weight excluding hydrogens is 194 g/mol. The number of hydrogen-bond acceptors (Lipinski definition) is 2. The molecule has 0 saturated carbocycles. The second-order valence-electron chi connectivity index (χ2n) is 2.84. The number of halogens is 2. The third-order valence-corrected chi connectivity index (χ3v) is 1.76. The van der Waals surface area contributed by atoms with Crippen molar-refractivity contribution < 1.29 is 23.8 Å². The van der Waals surface area contributed by atoms with Crippen LogP contribution in [0.5, 0.6) is 0 Å². The van der Waals surface area contributed by atoms with Gasteiger partial charge in [0.25, 0.3) is 0 Å². The van der Waals surface area contributed by atoms with E-state index in [0.717, 1.165) is 12.1 Å². The van der Waals surface area contributed by atoms with Crippen molar-refractivity contribution in [3.05, 3.63) is 34.9 Å². The van der Waals surface area contributed by atoms with Crippen molar-refractivity contribution in [2.75, 3.05) is 0 Å². The summed E-state index contributed by atoms with van der Waals surface area (Å²) in [5.41, 5.74) is -1.00. The highest BCUT2D eigenvalue weighted by molar-refractivity contribution is 5.88. The van der Waals surface area contributed by atoms with Crippen LogP contribution >= 0.6 is 0 Å². The van der Waals surface area contributed by atoms with E-state index in [-0.39, 0.29) is 5.56 Å². The maximum atomic E-state index is 13.0. The molecule has 0 saturated heterocycles. The summed E-state index contributed by atoms with van der Waals surface area (Å²) in [7, 11) is 0. The second kappa shape index (κ2) is 3.71. The molecule has 0 fully saturated rings. The first-order chi connectivity index (χ1) is 6.43. The van der Waals surface area contributed by atoms with Crippen molar-refractivity contribution in [2.45, 2.75) is 13.0 Å². The summed E-state index contributed by atoms with van der Waals surface area (Å²) in [6, 6.07) is 1.61. The maximum absolute atomic E-state index is 13.0. The molecule has 0 radical (unpaired) electrons. The van der Waals surface area contributed by atoms with E-state index in [2.05, 4.69) is 0 Å². The van der Waals surface area contributed by atoms with Crippen LogP contribution in [0.15, 0.2) is 12.1 Å². The summed E-state index contributed by atoms with van der Waals surface area (Å²) in [5, 5.41) is 17.5. The summed E-state index contributed by atoms with van der Waals surface area (Å²) < 4.78 is 26.0. The minimum absolute atomic E-state index is 0.00463. The second-order valence-corrected chi connectivity index (χ2v) is 2.84. The lowest BCUT2D eigenvalue weighted by Crippen LogP contribution is -2.06. The maximum Gasteiger partial charge on any atom is 0.341 e. The third-order valence-electron chi connectivity index (χ3n) is 1.76. The van der Waals surface area contributed by atoms with Gasteiger partial charge in [-0.3, -0.25) is 0 Å². The van der Waals surface area contributed by atoms with E-state index < -0.39 is 29.3 Å². The molecule has 1 rings (SSSR count). The highest BCUT2D eigenvalue weighted by Crippen LogP contribution is 2.19. The van der Waals surface area contributed by atoms with Crippen LogP contribution < -0.4 is 0 Å². The van der Waals surface area contributed by atoms with E-state index >= 15 is 0 Å². The van der Waals surface area contributed by atoms with E-state index in [9.17, 15) is 13.6 Å². The van der Waals surface area contributed by atoms with Crippen molar-refractivity contribution in [1.29, 1.82) is 0 Å². The molecule has 0 aliphatic carbocycles. The van der Waals surface area contributed by atoms with Crippen LogP contribution in [0.25, 0.3) is 0 Å². The number of carbonyl (C=O) groups is 1. The summed E-state index contributed by atoms with van der Waals surface area (Å²) >= 11 is 0. The van der Waals surface area contributed by atoms with Gasteiger partial charge in [-0.2, -0.15) is 0 Å². The highest BCUT2D eigenvalue weighted by Gasteiger charge is 2.18. The first kappa shape index (κ1) is 10.6. The van der Waals surface area contributed by atoms with Crippen LogP contribution in [0.1, 0.15) is 28.9 Å². The van der Waals surface area contributed by atoms with Gasteiger partial charge >= 0.3 is 5.97 Å². The van der Waals surface area contributed by atoms with Gasteiger partial charge in [-0.1, -0.05) is 0 Å². The fourth-order valence-corrected chi connectivity index (χ4v) is 1.04. The summed E-state index contributed by atoms with van der Waals surface area (Å²) in [4.78, 5) is 10.4. The Morgan fingerprint density at radius 1 is 1.36 bits per heavy atom. The largest absolute Gasteiger partial charge is 0.477 e. The van der Waals surface area contributed by atoms with Crippen LogP contribution in [-0.4, -0.2) is 16.2 Å². The molecule has 0 aliphatic rings. The number of aliphatic hydroxyl groups is 1. The number of aromatic carboxylic acids is 1. The Kier molecular flexibility index (Phi) is 2.81. The molecule has 0 spiro atoms. The Morgan fingerprint density at radius 2 is 1.79 bits per heavy atom. The zero-order chi connectivity index (χ0) is 10.9. The van der Waals surface area contributed by atoms with Crippen LogP contribution in [0.2, 0.25) is 0 Å². The molecule has 0 aromatic heterocycles. The lowest BCUT2D eigenvalue weighted by molar-refractivity contribution is 0.0686. The van der Waals surface area contributed by atoms with Crippen molar-refractivity contribution in [3.63, 3.8) is 0 Å². The molecule has 2 N–H and O–H groups in total. The molecule has 1 unspecified atom stereocenters. The van der Waals surface area contributed by atoms with Crippen molar-refractivity contribution in [3.8, 4) is 0 Å². The molecule has 5 heteroatoms. The van der Waals surface area contributed by atoms with E-state index in [1.165, 1.54) is 6.92 Å². The number of hydrogen-bond donors (Lipinski definition) is 2. The van der Waals surface area contributed by atoms with E-state index in [1.54, 1.807) is 0 Å². The van der Waals surface area contributed by atoms with Gasteiger partial charge in [0, 0.05) is 0 Å². The molecule has 1 aromatic carbocycles. The normalized spacial score (nSPS) is 12.6. The molecule has 0 aliphatic heterocycles. The van der Waals surface area contributed by atoms with Crippen LogP contribution in [0, 0.1) is 11.6 Å². The standard InChI is InChI=1S/C9H8F2O3/c1-4(12)5-2-6(10)8(9(13)14)7(11)3-5/h2-4,12H,1H3,(H,13,14). The minimum Gasteiger partial charge on any atom is -0.477 e. The molecule has 0 bridgehead atoms. The van der Waals surface area contributed by atoms with E-state index in [4.69, 9.17) is 10.2 Å². The molecule has 1 atom stereocenters. The number of carboxylic acid groups (broad SMARTS) is 1. The summed E-state index contributed by atoms with van der Waals surface area (Å²) in [5.74, 6) is -4.04. The lowest BCUT2D eigenvalue weighted by Gasteiger charge is -2.06. The Hall–Kier alpha value is -1.49. The van der Waals surface area contributed by atoms with Gasteiger partial charge in [-0.05, 0) is 24.6 Å². The predicted octanol–water partition coefficient (Wildman–Crippen LogP) is 1.72. The minimum atomic E-state index is -1.67. The average Bonchev–Trinajstić information content (AvgIpc) is 2.01. The van der Waals surface area contributed by atoms with Gasteiger partial charge in [-0.25, -0.2) is 13.6 Å². The Balaban J connectivity index is 3.32. The van der Waals surface area contributed by atoms with E-state index in [0.29, 0.717) is 0 Å². The first-order valence-electron chi connectivity index (χ1n) is 3.83. The average molecular weight is 202 g/mol. The lowest BCUT2D eigenvalue weighted by atomic mass is 10.1. The van der Waals surface area contributed by atoms with E-state index in [1.807, 2.05) is 0 Å². The zero-order valence-electron chi connectivity index (χ0n) is 7.29. The van der Waals surface area contributed by atoms with Gasteiger partial charge < -0.3 is 10.2 Å². The number of aliphatic hydroxyl groups excluding tert-OH is 1. The Bertz CT molecular complexity index is 351. The van der Waals surface area contributed by atoms with Crippen molar-refractivity contribution in [2.24, 2.45) is 0 Å². The van der Waals surface area contributed by atoms with Crippen LogP contribution in [0.4, 0.5) is 8.78 Å². The molecule has 0 amide bonds. The zero-order valence-corrected chi connectivity index (χ0v) is 7.29. The quantitative estimate of drug-likeness (QED) is 0.767. The molecule has 3 nitrogen and oxygen atoms in total. The Morgan fingerprint density at radius 3 is 2.07 bits per heavy atom. The summed E-state index contributed by atoms with van der Waals surface area (Å²) in [6.07, 6.45) is -1.04. The Labute approximate surface area is 78.6 Å². The third kappa shape index (κ3) is 1.88. The van der Waals surface area contributed by atoms with Crippen molar-refractivity contribution in [1.82, 2.24) is 0 Å². The molecular formula is C9H8F2O3. The number of carboxylic acids is 1. The topological polar surface area (TPSA) is 57.5 Å². The van der Waals surface area contributed by atoms with Gasteiger partial charge in [0.1, 0.15) is 17.2 Å². The molecule has 1 aromatic rings. The summed E-state index contributed by atoms with van der Waals surface area (Å²) in [6.45, 7) is 1.33. The van der Waals surface area contributed by atoms with Crippen molar-refractivity contribution >= 4 is 5.97 Å². The predicted molar refractivity (Wildman–Crippen MR) is 44.0 cm³/mol. The molecule has 76 valence electrons. The monoisotopic (exact) mass is 202 g/mol. The first-order valence-corrected chi connectivity index (χ1v) is 3.83. The number of rotatable bonds is 2. The smallest absolute Gasteiger partial charge is 0.341 e. The van der Waals surface area contributed by atoms with Gasteiger partial charge in [0.2, 0.25) is 0 Å². The fourth-order valence-electron chi connectivity index (χ4n) is 1.04.